The van der Waals surface area contributed by atoms with Crippen LogP contribution in [-0.4, -0.2) is 6.54 Å². The lowest BCUT2D eigenvalue weighted by Gasteiger charge is -2.48. The fourth-order valence-corrected chi connectivity index (χ4v) is 4.91. The Hall–Kier alpha value is -2.80. The molecule has 1 aliphatic heterocycles. The van der Waals surface area contributed by atoms with Gasteiger partial charge in [0.1, 0.15) is 0 Å². The maximum atomic E-state index is 3.63. The molecule has 0 amide bonds. The van der Waals surface area contributed by atoms with Gasteiger partial charge in [-0.3, -0.25) is 0 Å². The van der Waals surface area contributed by atoms with Crippen LogP contribution in [0.25, 0.3) is 22.9 Å². The van der Waals surface area contributed by atoms with E-state index in [2.05, 4.69) is 106 Å². The number of benzene rings is 3. The van der Waals surface area contributed by atoms with Crippen LogP contribution in [0.5, 0.6) is 0 Å². The minimum Gasteiger partial charge on any atom is -0.381 e. The summed E-state index contributed by atoms with van der Waals surface area (Å²) in [5, 5.41) is 6.24. The van der Waals surface area contributed by atoms with Crippen LogP contribution in [0.15, 0.2) is 66.7 Å². The van der Waals surface area contributed by atoms with Gasteiger partial charge in [-0.25, -0.2) is 0 Å². The summed E-state index contributed by atoms with van der Waals surface area (Å²) in [5.74, 6) is 0. The fraction of sp³-hybridized carbons (Fsp3) is 0.259. The van der Waals surface area contributed by atoms with Gasteiger partial charge in [0.15, 0.2) is 0 Å². The molecular formula is C27H27N. The standard InChI is InChI=1S/C27H27N/c1-26(2)23-12-8-7-11-21(23)22-14-13-19(17-24(22)27(26,3)4)25-20-10-6-5-9-18(20)15-16-28-25/h5-15,17,28H,16H2,1-4H3. The third-order valence-electron chi connectivity index (χ3n) is 7.27. The van der Waals surface area contributed by atoms with Crippen molar-refractivity contribution in [1.29, 1.82) is 0 Å². The lowest BCUT2D eigenvalue weighted by Crippen LogP contribution is -2.43. The van der Waals surface area contributed by atoms with Crippen molar-refractivity contribution in [2.45, 2.75) is 38.5 Å². The van der Waals surface area contributed by atoms with E-state index in [1.807, 2.05) is 0 Å². The number of nitrogens with one attached hydrogen (secondary N) is 1. The molecule has 1 heterocycles. The summed E-state index contributed by atoms with van der Waals surface area (Å²) < 4.78 is 0. The van der Waals surface area contributed by atoms with Crippen LogP contribution < -0.4 is 15.8 Å². The highest BCUT2D eigenvalue weighted by Gasteiger charge is 2.45. The zero-order chi connectivity index (χ0) is 19.5. The first-order valence-electron chi connectivity index (χ1n) is 10.2. The van der Waals surface area contributed by atoms with Crippen molar-refractivity contribution in [3.05, 3.63) is 93.9 Å². The number of fused-ring (bicyclic) bond motifs is 4. The van der Waals surface area contributed by atoms with Gasteiger partial charge in [-0.2, -0.15) is 0 Å². The molecule has 0 spiro atoms. The summed E-state index contributed by atoms with van der Waals surface area (Å²) in [6, 6.07) is 24.6. The average molecular weight is 366 g/mol. The molecule has 140 valence electrons. The van der Waals surface area contributed by atoms with E-state index >= 15 is 0 Å². The molecule has 0 unspecified atom stereocenters. The van der Waals surface area contributed by atoms with Crippen molar-refractivity contribution in [3.63, 3.8) is 0 Å². The summed E-state index contributed by atoms with van der Waals surface area (Å²) in [6.45, 7) is 10.4. The Morgan fingerprint density at radius 1 is 0.714 bits per heavy atom. The predicted octanol–water partition coefficient (Wildman–Crippen LogP) is 4.46. The fourth-order valence-electron chi connectivity index (χ4n) is 4.91. The summed E-state index contributed by atoms with van der Waals surface area (Å²) in [7, 11) is 0. The summed E-state index contributed by atoms with van der Waals surface area (Å²) in [4.78, 5) is 0. The lowest BCUT2D eigenvalue weighted by atomic mass is 9.55. The van der Waals surface area contributed by atoms with E-state index in [0.29, 0.717) is 0 Å². The topological polar surface area (TPSA) is 12.0 Å². The first-order valence-corrected chi connectivity index (χ1v) is 10.2. The van der Waals surface area contributed by atoms with E-state index < -0.39 is 0 Å². The van der Waals surface area contributed by atoms with E-state index in [0.717, 1.165) is 6.54 Å². The SMILES string of the molecule is CC1(C)c2ccccc2-c2ccc(C3=c4ccccc4=CCN3)cc2C1(C)C. The van der Waals surface area contributed by atoms with Gasteiger partial charge in [0.25, 0.3) is 0 Å². The molecule has 1 N–H and O–H groups in total. The van der Waals surface area contributed by atoms with Crippen LogP contribution >= 0.6 is 0 Å². The second kappa shape index (κ2) is 5.85. The molecule has 1 heteroatoms. The maximum Gasteiger partial charge on any atom is 0.0495 e. The molecule has 0 atom stereocenters. The largest absolute Gasteiger partial charge is 0.381 e. The van der Waals surface area contributed by atoms with Crippen molar-refractivity contribution >= 4 is 11.8 Å². The van der Waals surface area contributed by atoms with Gasteiger partial charge >= 0.3 is 0 Å². The quantitative estimate of drug-likeness (QED) is 0.671. The minimum atomic E-state index is 0.0353. The van der Waals surface area contributed by atoms with Crippen LogP contribution in [0.3, 0.4) is 0 Å². The van der Waals surface area contributed by atoms with Crippen LogP contribution in [0, 0.1) is 0 Å². The van der Waals surface area contributed by atoms with Crippen LogP contribution in [0.4, 0.5) is 0 Å². The first kappa shape index (κ1) is 17.3. The van der Waals surface area contributed by atoms with E-state index in [1.54, 1.807) is 0 Å². The van der Waals surface area contributed by atoms with Gasteiger partial charge in [-0.15, -0.1) is 0 Å². The second-order valence-electron chi connectivity index (χ2n) is 9.10. The predicted molar refractivity (Wildman–Crippen MR) is 119 cm³/mol. The van der Waals surface area contributed by atoms with Crippen molar-refractivity contribution < 1.29 is 0 Å². The van der Waals surface area contributed by atoms with Crippen molar-refractivity contribution in [2.24, 2.45) is 0 Å². The molecule has 2 aliphatic rings. The summed E-state index contributed by atoms with van der Waals surface area (Å²) in [5.41, 5.74) is 8.26. The highest BCUT2D eigenvalue weighted by Crippen LogP contribution is 2.53. The molecule has 0 radical (unpaired) electrons. The molecule has 1 aliphatic carbocycles. The number of rotatable bonds is 1. The van der Waals surface area contributed by atoms with Gasteiger partial charge in [-0.05, 0) is 49.9 Å². The Kier molecular flexibility index (Phi) is 3.61. The van der Waals surface area contributed by atoms with Gasteiger partial charge in [0.2, 0.25) is 0 Å². The Morgan fingerprint density at radius 3 is 2.25 bits per heavy atom. The monoisotopic (exact) mass is 365 g/mol. The third-order valence-corrected chi connectivity index (χ3v) is 7.27. The average Bonchev–Trinajstić information content (AvgIpc) is 2.72. The molecule has 0 saturated carbocycles. The molecule has 0 fully saturated rings. The number of hydrogen-bond donors (Lipinski definition) is 1. The molecule has 1 nitrogen and oxygen atoms in total. The van der Waals surface area contributed by atoms with E-state index in [-0.39, 0.29) is 10.8 Å². The first-order chi connectivity index (χ1) is 13.4. The third kappa shape index (κ3) is 2.26. The molecular weight excluding hydrogens is 338 g/mol. The van der Waals surface area contributed by atoms with Crippen molar-refractivity contribution in [2.75, 3.05) is 6.54 Å². The zero-order valence-corrected chi connectivity index (χ0v) is 17.1. The zero-order valence-electron chi connectivity index (χ0n) is 17.1. The molecule has 3 aromatic rings. The maximum absolute atomic E-state index is 3.63. The smallest absolute Gasteiger partial charge is 0.0495 e. The molecule has 28 heavy (non-hydrogen) atoms. The Labute approximate surface area is 167 Å². The lowest BCUT2D eigenvalue weighted by molar-refractivity contribution is 0.299. The van der Waals surface area contributed by atoms with E-state index in [9.17, 15) is 0 Å². The van der Waals surface area contributed by atoms with Gasteiger partial charge < -0.3 is 5.32 Å². The highest BCUT2D eigenvalue weighted by molar-refractivity contribution is 5.80. The van der Waals surface area contributed by atoms with Crippen LogP contribution in [0.2, 0.25) is 0 Å². The van der Waals surface area contributed by atoms with Crippen LogP contribution in [-0.2, 0) is 10.8 Å². The van der Waals surface area contributed by atoms with Crippen LogP contribution in [0.1, 0.15) is 44.4 Å². The minimum absolute atomic E-state index is 0.0353. The number of hydrogen-bond acceptors (Lipinski definition) is 1. The Balaban J connectivity index is 1.81. The highest BCUT2D eigenvalue weighted by atomic mass is 14.9. The molecule has 0 bridgehead atoms. The second-order valence-corrected chi connectivity index (χ2v) is 9.10. The summed E-state index contributed by atoms with van der Waals surface area (Å²) in [6.07, 6.45) is 2.26. The van der Waals surface area contributed by atoms with Gasteiger partial charge in [0.05, 0.1) is 0 Å². The van der Waals surface area contributed by atoms with Crippen molar-refractivity contribution in [3.8, 4) is 11.1 Å². The Bertz CT molecular complexity index is 1210. The molecule has 3 aromatic carbocycles. The molecule has 5 rings (SSSR count). The molecule has 0 aromatic heterocycles. The van der Waals surface area contributed by atoms with E-state index in [4.69, 9.17) is 0 Å². The van der Waals surface area contributed by atoms with Crippen molar-refractivity contribution in [1.82, 2.24) is 5.32 Å². The van der Waals surface area contributed by atoms with Gasteiger partial charge in [0, 0.05) is 17.5 Å². The molecule has 0 saturated heterocycles. The Morgan fingerprint density at radius 2 is 1.39 bits per heavy atom. The normalized spacial score (nSPS) is 18.2. The van der Waals surface area contributed by atoms with Gasteiger partial charge in [-0.1, -0.05) is 94.4 Å². The summed E-state index contributed by atoms with van der Waals surface area (Å²) >= 11 is 0. The van der Waals surface area contributed by atoms with E-state index in [1.165, 1.54) is 44.0 Å².